The second-order valence-corrected chi connectivity index (χ2v) is 10.6. The van der Waals surface area contributed by atoms with E-state index in [-0.39, 0.29) is 40.1 Å². The van der Waals surface area contributed by atoms with E-state index in [2.05, 4.69) is 17.2 Å². The van der Waals surface area contributed by atoms with Gasteiger partial charge in [-0.25, -0.2) is 4.79 Å². The average Bonchev–Trinajstić information content (AvgIpc) is 2.94. The number of halogens is 1. The van der Waals surface area contributed by atoms with Crippen LogP contribution >= 0.6 is 0 Å². The van der Waals surface area contributed by atoms with E-state index >= 15 is 0 Å². The van der Waals surface area contributed by atoms with Crippen molar-refractivity contribution in [1.29, 1.82) is 0 Å². The van der Waals surface area contributed by atoms with Gasteiger partial charge in [0.2, 0.25) is 0 Å². The largest absolute Gasteiger partial charge is 1.00 e. The Morgan fingerprint density at radius 2 is 1.91 bits per heavy atom. The van der Waals surface area contributed by atoms with Gasteiger partial charge in [0.15, 0.2) is 6.10 Å². The number of aliphatic hydroxyl groups is 1. The monoisotopic (exact) mass is 666 g/mol. The lowest BCUT2D eigenvalue weighted by atomic mass is 9.87. The van der Waals surface area contributed by atoms with Crippen molar-refractivity contribution >= 4 is 23.4 Å². The molecule has 0 unspecified atom stereocenters. The van der Waals surface area contributed by atoms with Crippen LogP contribution in [0, 0.1) is 11.8 Å². The first-order valence-electron chi connectivity index (χ1n) is 13.8. The van der Waals surface area contributed by atoms with Crippen molar-refractivity contribution < 1.29 is 56.1 Å². The van der Waals surface area contributed by atoms with Crippen LogP contribution in [0.1, 0.15) is 39.7 Å². The summed E-state index contributed by atoms with van der Waals surface area (Å²) < 4.78 is 16.6. The van der Waals surface area contributed by atoms with Gasteiger partial charge in [-0.2, -0.15) is 0 Å². The van der Waals surface area contributed by atoms with Crippen LogP contribution in [0.5, 0.6) is 11.5 Å². The maximum Gasteiger partial charge on any atom is 0.405 e. The predicted molar refractivity (Wildman–Crippen MR) is 162 cm³/mol. The number of amides is 2. The molecule has 1 heterocycles. The molecule has 1 aromatic rings. The molecule has 12 heteroatoms. The summed E-state index contributed by atoms with van der Waals surface area (Å²) in [6, 6.07) is 1.28. The van der Waals surface area contributed by atoms with Crippen molar-refractivity contribution in [2.45, 2.75) is 65.0 Å². The number of methoxy groups -OCH3 is 2. The third kappa shape index (κ3) is 10.4. The minimum Gasteiger partial charge on any atom is -1.00 e. The van der Waals surface area contributed by atoms with E-state index in [0.29, 0.717) is 41.8 Å². The van der Waals surface area contributed by atoms with Crippen molar-refractivity contribution in [3.63, 3.8) is 0 Å². The second-order valence-electron chi connectivity index (χ2n) is 10.6. The Labute approximate surface area is 264 Å². The third-order valence-electron chi connectivity index (χ3n) is 7.25. The molecule has 6 atom stereocenters. The van der Waals surface area contributed by atoms with Gasteiger partial charge >= 0.3 is 6.09 Å². The van der Waals surface area contributed by atoms with E-state index in [1.165, 1.54) is 26.4 Å². The molecule has 2 amide bonds. The van der Waals surface area contributed by atoms with Crippen LogP contribution in [0.4, 0.5) is 16.2 Å². The lowest BCUT2D eigenvalue weighted by Gasteiger charge is -2.29. The van der Waals surface area contributed by atoms with Crippen molar-refractivity contribution in [3.8, 4) is 11.5 Å². The van der Waals surface area contributed by atoms with Gasteiger partial charge in [-0.1, -0.05) is 44.2 Å². The Morgan fingerprint density at radius 3 is 2.49 bits per heavy atom. The SMILES string of the molecule is C=CCNc1c(O)cc2c(O)c1C[C@@H](C)C[C@H](OC)[C@H](O)[C@@H](C)/C=C(\C)[C@H](OC(N)=O)[C@@H](OC)/C=C\C=C(/C)C(=O)N2.[Br-]. The fraction of sp³-hybridized carbons (Fsp3) is 0.484. The first-order valence-corrected chi connectivity index (χ1v) is 13.8. The van der Waals surface area contributed by atoms with Gasteiger partial charge in [0.05, 0.1) is 23.6 Å². The van der Waals surface area contributed by atoms with Crippen LogP contribution in [0.3, 0.4) is 0 Å². The summed E-state index contributed by atoms with van der Waals surface area (Å²) in [5, 5.41) is 39.1. The number of phenols is 2. The highest BCUT2D eigenvalue weighted by Crippen LogP contribution is 2.42. The Bertz CT molecular complexity index is 1220. The molecular formula is C31H45BrN3O8-. The quantitative estimate of drug-likeness (QED) is 0.148. The van der Waals surface area contributed by atoms with Crippen molar-refractivity contribution in [3.05, 3.63) is 59.7 Å². The number of aliphatic hydroxyl groups excluding tert-OH is 1. The Kier molecular flexibility index (Phi) is 15.5. The Balaban J connectivity index is 0.00000924. The highest BCUT2D eigenvalue weighted by Gasteiger charge is 2.30. The van der Waals surface area contributed by atoms with E-state index in [9.17, 15) is 24.9 Å². The Morgan fingerprint density at radius 1 is 1.23 bits per heavy atom. The minimum atomic E-state index is -0.990. The number of carbonyl (C=O) groups is 2. The zero-order valence-corrected chi connectivity index (χ0v) is 27.2. The van der Waals surface area contributed by atoms with Crippen molar-refractivity contribution in [2.75, 3.05) is 31.4 Å². The molecule has 2 bridgehead atoms. The first kappa shape index (κ1) is 37.7. The standard InChI is InChI=1S/C31H45N3O8.BrH/c1-8-12-33-26-21-13-17(2)14-25(41-7)27(36)19(4)15-20(5)29(42-31(32)39)24(40-6)11-9-10-18(3)30(38)34-22(28(21)37)16-23(26)35;/h8-11,15-17,19,24-25,27,29,33,35-37H,1,12-14H2,2-7H3,(H2,32,39)(H,34,38);1H/p-1/b11-9-,18-10+,20-15+;/t17-,19+,24+,25+,27-,29+;/m1./s1. The summed E-state index contributed by atoms with van der Waals surface area (Å²) in [5.41, 5.74) is 7.01. The predicted octanol–water partition coefficient (Wildman–Crippen LogP) is 1.16. The summed E-state index contributed by atoms with van der Waals surface area (Å²) in [7, 11) is 2.95. The number of fused-ring (bicyclic) bond motifs is 2. The summed E-state index contributed by atoms with van der Waals surface area (Å²) in [6.07, 6.45) is 4.64. The van der Waals surface area contributed by atoms with E-state index in [1.807, 2.05) is 13.8 Å². The number of carbonyl (C=O) groups excluding carboxylic acids is 2. The number of ether oxygens (including phenoxy) is 3. The van der Waals surface area contributed by atoms with Gasteiger partial charge in [-0.15, -0.1) is 6.58 Å². The molecule has 1 aliphatic rings. The number of nitrogens with one attached hydrogen (secondary N) is 2. The van der Waals surface area contributed by atoms with Gasteiger partial charge in [-0.3, -0.25) is 4.79 Å². The molecule has 1 aliphatic heterocycles. The molecule has 0 radical (unpaired) electrons. The topological polar surface area (TPSA) is 173 Å². The van der Waals surface area contributed by atoms with Gasteiger partial charge in [0.25, 0.3) is 5.91 Å². The smallest absolute Gasteiger partial charge is 0.405 e. The molecule has 0 aromatic heterocycles. The molecule has 1 aromatic carbocycles. The van der Waals surface area contributed by atoms with Gasteiger partial charge in [0, 0.05) is 43.9 Å². The molecule has 0 spiro atoms. The fourth-order valence-corrected chi connectivity index (χ4v) is 4.98. The maximum absolute atomic E-state index is 13.0. The third-order valence-corrected chi connectivity index (χ3v) is 7.25. The van der Waals surface area contributed by atoms with Crippen LogP contribution in [-0.2, 0) is 25.4 Å². The fourth-order valence-electron chi connectivity index (χ4n) is 4.98. The van der Waals surface area contributed by atoms with Crippen LogP contribution in [0.25, 0.3) is 0 Å². The zero-order chi connectivity index (χ0) is 31.6. The normalized spacial score (nSPS) is 28.6. The molecule has 7 N–H and O–H groups in total. The molecule has 0 saturated heterocycles. The molecule has 0 aliphatic carbocycles. The number of hydrogen-bond acceptors (Lipinski definition) is 9. The highest BCUT2D eigenvalue weighted by molar-refractivity contribution is 6.04. The average molecular weight is 668 g/mol. The van der Waals surface area contributed by atoms with Gasteiger partial charge in [0.1, 0.15) is 17.6 Å². The summed E-state index contributed by atoms with van der Waals surface area (Å²) >= 11 is 0. The summed E-state index contributed by atoms with van der Waals surface area (Å²) in [5.74, 6) is -1.41. The number of primary amides is 1. The highest BCUT2D eigenvalue weighted by atomic mass is 79.9. The molecule has 0 fully saturated rings. The number of rotatable bonds is 6. The lowest BCUT2D eigenvalue weighted by Crippen LogP contribution is -3.00. The number of phenolic OH excluding ortho intramolecular Hbond substituents is 2. The molecule has 43 heavy (non-hydrogen) atoms. The summed E-state index contributed by atoms with van der Waals surface area (Å²) in [4.78, 5) is 24.7. The van der Waals surface area contributed by atoms with Crippen molar-refractivity contribution in [2.24, 2.45) is 17.6 Å². The summed E-state index contributed by atoms with van der Waals surface area (Å²) in [6.45, 7) is 11.1. The molecule has 11 nitrogen and oxygen atoms in total. The number of nitrogens with two attached hydrogens (primary N) is 1. The van der Waals surface area contributed by atoms with Crippen LogP contribution in [0.2, 0.25) is 0 Å². The van der Waals surface area contributed by atoms with Crippen LogP contribution in [0.15, 0.2) is 54.2 Å². The number of anilines is 2. The number of benzene rings is 1. The van der Waals surface area contributed by atoms with E-state index in [0.717, 1.165) is 0 Å². The van der Waals surface area contributed by atoms with Crippen LogP contribution in [-0.4, -0.2) is 72.5 Å². The molecule has 2 rings (SSSR count). The van der Waals surface area contributed by atoms with Crippen molar-refractivity contribution in [1.82, 2.24) is 0 Å². The van der Waals surface area contributed by atoms with E-state index in [1.54, 1.807) is 38.2 Å². The minimum absolute atomic E-state index is 0. The number of aromatic hydroxyl groups is 2. The Hall–Kier alpha value is -3.32. The number of allylic oxidation sites excluding steroid dienone is 2. The molecule has 0 saturated carbocycles. The lowest BCUT2D eigenvalue weighted by molar-refractivity contribution is -0.112. The molecular weight excluding hydrogens is 622 g/mol. The van der Waals surface area contributed by atoms with Crippen LogP contribution < -0.4 is 33.3 Å². The van der Waals surface area contributed by atoms with Gasteiger partial charge in [-0.05, 0) is 38.2 Å². The second kappa shape index (κ2) is 17.7. The first-order chi connectivity index (χ1) is 19.8. The van der Waals surface area contributed by atoms with Gasteiger partial charge < -0.3 is 62.9 Å². The zero-order valence-electron chi connectivity index (χ0n) is 25.6. The van der Waals surface area contributed by atoms with E-state index in [4.69, 9.17) is 19.9 Å². The number of hydrogen-bond donors (Lipinski definition) is 6. The maximum atomic E-state index is 13.0. The van der Waals surface area contributed by atoms with E-state index < -0.39 is 42.3 Å². The molecule has 240 valence electrons.